The predicted octanol–water partition coefficient (Wildman–Crippen LogP) is 3.56. The minimum Gasteiger partial charge on any atom is -0.384 e. The Bertz CT molecular complexity index is 860. The topological polar surface area (TPSA) is 64.3 Å². The minimum atomic E-state index is 0.270. The van der Waals surface area contributed by atoms with Gasteiger partial charge in [0.15, 0.2) is 11.0 Å². The number of nitrogens with zero attached hydrogens (tertiary/aromatic N) is 4. The second kappa shape index (κ2) is 7.09. The second-order valence-electron chi connectivity index (χ2n) is 6.54. The summed E-state index contributed by atoms with van der Waals surface area (Å²) in [6.45, 7) is 4.64. The molecule has 7 heteroatoms. The smallest absolute Gasteiger partial charge is 0.231 e. The van der Waals surface area contributed by atoms with Crippen LogP contribution in [0.1, 0.15) is 36.0 Å². The first kappa shape index (κ1) is 16.5. The standard InChI is InChI=1S/C18H22N4O2S/c1-12-5-6-14-15(10-12)25-18(19-14)22-8-3-4-13(11-22)17-20-16(21-24-17)7-9-23-2/h5-6,10,13H,3-4,7-9,11H2,1-2H3/t13-/m1/s1. The Morgan fingerprint density at radius 2 is 2.28 bits per heavy atom. The van der Waals surface area contributed by atoms with Gasteiger partial charge in [0.25, 0.3) is 0 Å². The van der Waals surface area contributed by atoms with Gasteiger partial charge < -0.3 is 14.2 Å². The Kier molecular flexibility index (Phi) is 4.67. The summed E-state index contributed by atoms with van der Waals surface area (Å²) in [5.41, 5.74) is 2.35. The number of thiazole rings is 1. The summed E-state index contributed by atoms with van der Waals surface area (Å²) in [6.07, 6.45) is 2.87. The van der Waals surface area contributed by atoms with Crippen LogP contribution in [-0.4, -0.2) is 41.9 Å². The van der Waals surface area contributed by atoms with E-state index in [1.54, 1.807) is 18.4 Å². The van der Waals surface area contributed by atoms with Crippen molar-refractivity contribution in [3.05, 3.63) is 35.5 Å². The first-order chi connectivity index (χ1) is 12.2. The summed E-state index contributed by atoms with van der Waals surface area (Å²) in [7, 11) is 1.68. The monoisotopic (exact) mass is 358 g/mol. The molecule has 6 nitrogen and oxygen atoms in total. The summed E-state index contributed by atoms with van der Waals surface area (Å²) < 4.78 is 11.8. The van der Waals surface area contributed by atoms with Crippen LogP contribution in [0.15, 0.2) is 22.7 Å². The SMILES string of the molecule is COCCc1noc([C@@H]2CCCN(c3nc4ccc(C)cc4s3)C2)n1. The third kappa shape index (κ3) is 3.52. The zero-order valence-corrected chi connectivity index (χ0v) is 15.4. The van der Waals surface area contributed by atoms with Crippen molar-refractivity contribution in [2.75, 3.05) is 31.7 Å². The van der Waals surface area contributed by atoms with Gasteiger partial charge >= 0.3 is 0 Å². The summed E-state index contributed by atoms with van der Waals surface area (Å²) in [4.78, 5) is 11.7. The molecule has 1 aliphatic heterocycles. The molecule has 132 valence electrons. The van der Waals surface area contributed by atoms with Crippen LogP contribution >= 0.6 is 11.3 Å². The molecule has 1 aliphatic rings. The molecule has 3 heterocycles. The van der Waals surface area contributed by atoms with Crippen molar-refractivity contribution in [2.45, 2.75) is 32.1 Å². The maximum Gasteiger partial charge on any atom is 0.231 e. The van der Waals surface area contributed by atoms with Crippen LogP contribution < -0.4 is 4.90 Å². The molecule has 25 heavy (non-hydrogen) atoms. The lowest BCUT2D eigenvalue weighted by molar-refractivity contribution is 0.199. The Morgan fingerprint density at radius 3 is 3.16 bits per heavy atom. The fourth-order valence-electron chi connectivity index (χ4n) is 3.24. The first-order valence-electron chi connectivity index (χ1n) is 8.66. The highest BCUT2D eigenvalue weighted by atomic mass is 32.1. The van der Waals surface area contributed by atoms with Gasteiger partial charge in [-0.05, 0) is 37.5 Å². The van der Waals surface area contributed by atoms with Gasteiger partial charge in [-0.25, -0.2) is 4.98 Å². The van der Waals surface area contributed by atoms with Crippen molar-refractivity contribution >= 4 is 26.7 Å². The highest BCUT2D eigenvalue weighted by molar-refractivity contribution is 7.22. The summed E-state index contributed by atoms with van der Waals surface area (Å²) >= 11 is 1.76. The molecule has 3 aromatic rings. The number of aromatic nitrogens is 3. The lowest BCUT2D eigenvalue weighted by atomic mass is 9.98. The van der Waals surface area contributed by atoms with Gasteiger partial charge in [0.1, 0.15) is 0 Å². The molecular weight excluding hydrogens is 336 g/mol. The van der Waals surface area contributed by atoms with Gasteiger partial charge in [0, 0.05) is 26.6 Å². The van der Waals surface area contributed by atoms with Crippen LogP contribution in [0, 0.1) is 6.92 Å². The number of methoxy groups -OCH3 is 1. The number of fused-ring (bicyclic) bond motifs is 1. The number of hydrogen-bond donors (Lipinski definition) is 0. The van der Waals surface area contributed by atoms with Gasteiger partial charge in [-0.1, -0.05) is 22.6 Å². The molecule has 1 aromatic carbocycles. The lowest BCUT2D eigenvalue weighted by Crippen LogP contribution is -2.34. The Labute approximate surface area is 150 Å². The lowest BCUT2D eigenvalue weighted by Gasteiger charge is -2.30. The van der Waals surface area contributed by atoms with E-state index in [-0.39, 0.29) is 5.92 Å². The number of hydrogen-bond acceptors (Lipinski definition) is 7. The van der Waals surface area contributed by atoms with Crippen LogP contribution in [0.25, 0.3) is 10.2 Å². The van der Waals surface area contributed by atoms with Crippen LogP contribution in [0.2, 0.25) is 0 Å². The number of piperidine rings is 1. The van der Waals surface area contributed by atoms with E-state index in [0.717, 1.165) is 48.3 Å². The van der Waals surface area contributed by atoms with Crippen LogP contribution in [0.5, 0.6) is 0 Å². The largest absolute Gasteiger partial charge is 0.384 e. The Hall–Kier alpha value is -1.99. The molecule has 0 radical (unpaired) electrons. The van der Waals surface area contributed by atoms with Crippen LogP contribution in [0.3, 0.4) is 0 Å². The zero-order valence-electron chi connectivity index (χ0n) is 14.6. The van der Waals surface area contributed by atoms with Crippen LogP contribution in [0.4, 0.5) is 5.13 Å². The van der Waals surface area contributed by atoms with Crippen molar-refractivity contribution in [1.82, 2.24) is 15.1 Å². The molecule has 1 atom stereocenters. The molecule has 0 unspecified atom stereocenters. The average molecular weight is 358 g/mol. The molecule has 0 amide bonds. The van der Waals surface area contributed by atoms with E-state index in [1.165, 1.54) is 10.3 Å². The van der Waals surface area contributed by atoms with E-state index in [1.807, 2.05) is 0 Å². The van der Waals surface area contributed by atoms with Gasteiger partial charge in [0.2, 0.25) is 5.89 Å². The number of ether oxygens (including phenoxy) is 1. The summed E-state index contributed by atoms with van der Waals surface area (Å²) in [5.74, 6) is 1.74. The van der Waals surface area contributed by atoms with E-state index in [9.17, 15) is 0 Å². The Balaban J connectivity index is 1.50. The van der Waals surface area contributed by atoms with Crippen molar-refractivity contribution in [2.24, 2.45) is 0 Å². The van der Waals surface area contributed by atoms with E-state index in [4.69, 9.17) is 14.2 Å². The molecule has 0 aliphatic carbocycles. The fourth-order valence-corrected chi connectivity index (χ4v) is 4.33. The van der Waals surface area contributed by atoms with Crippen molar-refractivity contribution in [3.63, 3.8) is 0 Å². The zero-order chi connectivity index (χ0) is 17.2. The number of aryl methyl sites for hydroxylation is 1. The third-order valence-corrected chi connectivity index (χ3v) is 5.67. The maximum absolute atomic E-state index is 5.50. The quantitative estimate of drug-likeness (QED) is 0.695. The number of rotatable bonds is 5. The van der Waals surface area contributed by atoms with Gasteiger partial charge in [-0.15, -0.1) is 0 Å². The molecule has 0 saturated carbocycles. The molecule has 4 rings (SSSR count). The van der Waals surface area contributed by atoms with Crippen molar-refractivity contribution < 1.29 is 9.26 Å². The number of benzene rings is 1. The van der Waals surface area contributed by atoms with Gasteiger partial charge in [-0.3, -0.25) is 0 Å². The average Bonchev–Trinajstić information content (AvgIpc) is 3.26. The molecule has 0 spiro atoms. The van der Waals surface area contributed by atoms with E-state index in [0.29, 0.717) is 13.0 Å². The summed E-state index contributed by atoms with van der Waals surface area (Å²) in [5, 5.41) is 5.16. The molecule has 0 bridgehead atoms. The molecule has 2 aromatic heterocycles. The number of anilines is 1. The van der Waals surface area contributed by atoms with Gasteiger partial charge in [0.05, 0.1) is 22.7 Å². The third-order valence-electron chi connectivity index (χ3n) is 4.59. The highest BCUT2D eigenvalue weighted by Gasteiger charge is 2.27. The van der Waals surface area contributed by atoms with Crippen molar-refractivity contribution in [1.29, 1.82) is 0 Å². The minimum absolute atomic E-state index is 0.270. The second-order valence-corrected chi connectivity index (χ2v) is 7.55. The molecule has 0 N–H and O–H groups in total. The normalized spacial score (nSPS) is 18.2. The molecular formula is C18H22N4O2S. The Morgan fingerprint density at radius 1 is 1.36 bits per heavy atom. The summed E-state index contributed by atoms with van der Waals surface area (Å²) in [6, 6.07) is 6.43. The van der Waals surface area contributed by atoms with E-state index >= 15 is 0 Å². The molecule has 1 fully saturated rings. The first-order valence-corrected chi connectivity index (χ1v) is 9.48. The van der Waals surface area contributed by atoms with E-state index in [2.05, 4.69) is 40.2 Å². The highest BCUT2D eigenvalue weighted by Crippen LogP contribution is 2.34. The fraction of sp³-hybridized carbons (Fsp3) is 0.500. The van der Waals surface area contributed by atoms with Gasteiger partial charge in [-0.2, -0.15) is 4.98 Å². The van der Waals surface area contributed by atoms with Crippen LogP contribution in [-0.2, 0) is 11.2 Å². The molecule has 1 saturated heterocycles. The van der Waals surface area contributed by atoms with Crippen molar-refractivity contribution in [3.8, 4) is 0 Å². The maximum atomic E-state index is 5.50. The predicted molar refractivity (Wildman–Crippen MR) is 98.4 cm³/mol. The van der Waals surface area contributed by atoms with E-state index < -0.39 is 0 Å².